The van der Waals surface area contributed by atoms with Gasteiger partial charge >= 0.3 is 0 Å². The zero-order chi connectivity index (χ0) is 11.8. The third kappa shape index (κ3) is 5.10. The minimum atomic E-state index is 0.690. The summed E-state index contributed by atoms with van der Waals surface area (Å²) in [4.78, 5) is 3.83. The van der Waals surface area contributed by atoms with Crippen LogP contribution in [0.2, 0.25) is 0 Å². The van der Waals surface area contributed by atoms with Crippen LogP contribution in [-0.4, -0.2) is 31.1 Å². The van der Waals surface area contributed by atoms with Gasteiger partial charge in [0.1, 0.15) is 0 Å². The molecular formula is C13H24N2S. The first-order valence-corrected chi connectivity index (χ1v) is 7.08. The summed E-state index contributed by atoms with van der Waals surface area (Å²) in [6, 6.07) is 5.02. The highest BCUT2D eigenvalue weighted by molar-refractivity contribution is 7.09. The van der Waals surface area contributed by atoms with Crippen molar-refractivity contribution in [2.45, 2.75) is 39.3 Å². The average Bonchev–Trinajstić information content (AvgIpc) is 2.77. The number of thiophene rings is 1. The standard InChI is InChI=1S/C13H24N2S/c1-4-12(5-2)14-8-9-15(3)11-13-7-6-10-16-13/h6-7,10,12,14H,4-5,8-9,11H2,1-3H3. The van der Waals surface area contributed by atoms with Gasteiger partial charge in [-0.25, -0.2) is 0 Å². The number of likely N-dealkylation sites (N-methyl/N-ethyl adjacent to an activating group) is 1. The van der Waals surface area contributed by atoms with E-state index >= 15 is 0 Å². The number of nitrogens with one attached hydrogen (secondary N) is 1. The van der Waals surface area contributed by atoms with E-state index in [2.05, 4.69) is 48.6 Å². The van der Waals surface area contributed by atoms with Crippen molar-refractivity contribution in [3.8, 4) is 0 Å². The largest absolute Gasteiger partial charge is 0.313 e. The SMILES string of the molecule is CCC(CC)NCCN(C)Cc1cccs1. The van der Waals surface area contributed by atoms with Crippen LogP contribution in [-0.2, 0) is 6.54 Å². The van der Waals surface area contributed by atoms with Crippen LogP contribution in [0.15, 0.2) is 17.5 Å². The molecule has 0 aliphatic rings. The lowest BCUT2D eigenvalue weighted by Crippen LogP contribution is -2.34. The second kappa shape index (κ2) is 7.82. The van der Waals surface area contributed by atoms with E-state index in [0.717, 1.165) is 19.6 Å². The number of rotatable bonds is 8. The molecule has 1 aromatic rings. The van der Waals surface area contributed by atoms with Crippen molar-refractivity contribution in [3.05, 3.63) is 22.4 Å². The molecule has 0 spiro atoms. The van der Waals surface area contributed by atoms with E-state index in [1.54, 1.807) is 0 Å². The van der Waals surface area contributed by atoms with E-state index in [9.17, 15) is 0 Å². The topological polar surface area (TPSA) is 15.3 Å². The van der Waals surface area contributed by atoms with Crippen LogP contribution >= 0.6 is 11.3 Å². The van der Waals surface area contributed by atoms with Crippen LogP contribution in [0.3, 0.4) is 0 Å². The molecule has 0 fully saturated rings. The molecule has 0 aliphatic heterocycles. The summed E-state index contributed by atoms with van der Waals surface area (Å²) in [5.41, 5.74) is 0. The average molecular weight is 240 g/mol. The Morgan fingerprint density at radius 3 is 2.69 bits per heavy atom. The third-order valence-electron chi connectivity index (χ3n) is 2.92. The van der Waals surface area contributed by atoms with Crippen LogP contribution in [0.5, 0.6) is 0 Å². The van der Waals surface area contributed by atoms with E-state index in [1.165, 1.54) is 17.7 Å². The number of hydrogen-bond acceptors (Lipinski definition) is 3. The van der Waals surface area contributed by atoms with Gasteiger partial charge in [0.2, 0.25) is 0 Å². The Morgan fingerprint density at radius 1 is 1.38 bits per heavy atom. The maximum atomic E-state index is 3.59. The van der Waals surface area contributed by atoms with E-state index in [1.807, 2.05) is 11.3 Å². The van der Waals surface area contributed by atoms with Crippen molar-refractivity contribution in [3.63, 3.8) is 0 Å². The van der Waals surface area contributed by atoms with Gasteiger partial charge < -0.3 is 10.2 Å². The summed E-state index contributed by atoms with van der Waals surface area (Å²) in [7, 11) is 2.19. The molecule has 1 heterocycles. The van der Waals surface area contributed by atoms with E-state index in [0.29, 0.717) is 6.04 Å². The molecule has 0 aliphatic carbocycles. The van der Waals surface area contributed by atoms with Gasteiger partial charge in [0.25, 0.3) is 0 Å². The first-order valence-electron chi connectivity index (χ1n) is 6.20. The summed E-state index contributed by atoms with van der Waals surface area (Å²) >= 11 is 1.84. The Hall–Kier alpha value is -0.380. The van der Waals surface area contributed by atoms with Crippen molar-refractivity contribution in [1.29, 1.82) is 0 Å². The minimum Gasteiger partial charge on any atom is -0.313 e. The molecule has 1 aromatic heterocycles. The van der Waals surface area contributed by atoms with Crippen LogP contribution < -0.4 is 5.32 Å². The van der Waals surface area contributed by atoms with Gasteiger partial charge in [-0.15, -0.1) is 11.3 Å². The Bertz CT molecular complexity index is 255. The summed E-state index contributed by atoms with van der Waals surface area (Å²) in [6.07, 6.45) is 2.45. The van der Waals surface area contributed by atoms with Gasteiger partial charge in [0.05, 0.1) is 0 Å². The molecule has 0 saturated heterocycles. The van der Waals surface area contributed by atoms with Crippen molar-refractivity contribution in [2.24, 2.45) is 0 Å². The summed E-state index contributed by atoms with van der Waals surface area (Å²) in [6.45, 7) is 7.78. The predicted octanol–water partition coefficient (Wildman–Crippen LogP) is 2.96. The number of hydrogen-bond donors (Lipinski definition) is 1. The number of nitrogens with zero attached hydrogens (tertiary/aromatic N) is 1. The predicted molar refractivity (Wildman–Crippen MR) is 73.0 cm³/mol. The molecule has 0 atom stereocenters. The summed E-state index contributed by atoms with van der Waals surface area (Å²) < 4.78 is 0. The van der Waals surface area contributed by atoms with Crippen LogP contribution in [0, 0.1) is 0 Å². The van der Waals surface area contributed by atoms with Crippen molar-refractivity contribution in [1.82, 2.24) is 10.2 Å². The Morgan fingerprint density at radius 2 is 2.12 bits per heavy atom. The first-order chi connectivity index (χ1) is 7.76. The smallest absolute Gasteiger partial charge is 0.0325 e. The Kier molecular flexibility index (Phi) is 6.69. The van der Waals surface area contributed by atoms with Crippen LogP contribution in [0.4, 0.5) is 0 Å². The fraction of sp³-hybridized carbons (Fsp3) is 0.692. The third-order valence-corrected chi connectivity index (χ3v) is 3.78. The molecule has 0 aromatic carbocycles. The fourth-order valence-corrected chi connectivity index (χ4v) is 2.57. The van der Waals surface area contributed by atoms with Crippen LogP contribution in [0.1, 0.15) is 31.6 Å². The van der Waals surface area contributed by atoms with Gasteiger partial charge in [-0.1, -0.05) is 19.9 Å². The molecule has 92 valence electrons. The van der Waals surface area contributed by atoms with E-state index in [4.69, 9.17) is 0 Å². The normalized spacial score (nSPS) is 11.6. The highest BCUT2D eigenvalue weighted by Gasteiger charge is 2.04. The fourth-order valence-electron chi connectivity index (χ4n) is 1.78. The molecule has 0 radical (unpaired) electrons. The minimum absolute atomic E-state index is 0.690. The summed E-state index contributed by atoms with van der Waals surface area (Å²) in [5, 5.41) is 5.74. The highest BCUT2D eigenvalue weighted by atomic mass is 32.1. The lowest BCUT2D eigenvalue weighted by atomic mass is 10.2. The molecule has 1 N–H and O–H groups in total. The molecular weight excluding hydrogens is 216 g/mol. The molecule has 0 unspecified atom stereocenters. The van der Waals surface area contributed by atoms with E-state index in [-0.39, 0.29) is 0 Å². The quantitative estimate of drug-likeness (QED) is 0.751. The molecule has 16 heavy (non-hydrogen) atoms. The van der Waals surface area contributed by atoms with Gasteiger partial charge in [0.15, 0.2) is 0 Å². The van der Waals surface area contributed by atoms with Crippen molar-refractivity contribution < 1.29 is 0 Å². The van der Waals surface area contributed by atoms with Gasteiger partial charge in [-0.2, -0.15) is 0 Å². The lowest BCUT2D eigenvalue weighted by molar-refractivity contribution is 0.316. The second-order valence-corrected chi connectivity index (χ2v) is 5.32. The van der Waals surface area contributed by atoms with Crippen LogP contribution in [0.25, 0.3) is 0 Å². The molecule has 0 amide bonds. The molecule has 0 saturated carbocycles. The maximum absolute atomic E-state index is 3.59. The molecule has 3 heteroatoms. The van der Waals surface area contributed by atoms with Gasteiger partial charge in [-0.3, -0.25) is 0 Å². The maximum Gasteiger partial charge on any atom is 0.0325 e. The zero-order valence-corrected chi connectivity index (χ0v) is 11.5. The summed E-state index contributed by atoms with van der Waals surface area (Å²) in [5.74, 6) is 0. The Labute approximate surface area is 104 Å². The lowest BCUT2D eigenvalue weighted by Gasteiger charge is -2.19. The molecule has 0 bridgehead atoms. The zero-order valence-electron chi connectivity index (χ0n) is 10.7. The Balaban J connectivity index is 2.13. The monoisotopic (exact) mass is 240 g/mol. The van der Waals surface area contributed by atoms with Crippen molar-refractivity contribution in [2.75, 3.05) is 20.1 Å². The van der Waals surface area contributed by atoms with E-state index < -0.39 is 0 Å². The first kappa shape index (κ1) is 13.7. The highest BCUT2D eigenvalue weighted by Crippen LogP contribution is 2.10. The van der Waals surface area contributed by atoms with Crippen molar-refractivity contribution >= 4 is 11.3 Å². The van der Waals surface area contributed by atoms with Gasteiger partial charge in [-0.05, 0) is 31.3 Å². The molecule has 1 rings (SSSR count). The second-order valence-electron chi connectivity index (χ2n) is 4.28. The molecule has 2 nitrogen and oxygen atoms in total. The van der Waals surface area contributed by atoms with Gasteiger partial charge in [0, 0.05) is 30.6 Å².